The average Bonchev–Trinajstić information content (AvgIpc) is 2.96. The van der Waals surface area contributed by atoms with Crippen LogP contribution in [-0.2, 0) is 20.9 Å². The number of amides is 1. The zero-order valence-electron chi connectivity index (χ0n) is 15.9. The van der Waals surface area contributed by atoms with Gasteiger partial charge in [-0.1, -0.05) is 5.16 Å². The number of rotatable bonds is 9. The summed E-state index contributed by atoms with van der Waals surface area (Å²) in [6, 6.07) is 6.33. The van der Waals surface area contributed by atoms with Crippen LogP contribution < -0.4 is 10.1 Å². The molecular weight excluding hydrogens is 352 g/mol. The first-order chi connectivity index (χ1) is 12.9. The topological polar surface area (TPSA) is 99.9 Å². The predicted molar refractivity (Wildman–Crippen MR) is 96.5 cm³/mol. The van der Waals surface area contributed by atoms with Gasteiger partial charge in [-0.3, -0.25) is 4.79 Å². The number of ether oxygens (including phenoxy) is 3. The fourth-order valence-corrected chi connectivity index (χ4v) is 2.37. The Labute approximate surface area is 157 Å². The summed E-state index contributed by atoms with van der Waals surface area (Å²) < 4.78 is 20.7. The van der Waals surface area contributed by atoms with Gasteiger partial charge in [0.2, 0.25) is 0 Å². The van der Waals surface area contributed by atoms with E-state index in [0.717, 1.165) is 11.3 Å². The van der Waals surface area contributed by atoms with Gasteiger partial charge in [0.1, 0.15) is 18.1 Å². The number of esters is 1. The van der Waals surface area contributed by atoms with Crippen molar-refractivity contribution in [2.45, 2.75) is 33.4 Å². The van der Waals surface area contributed by atoms with Crippen LogP contribution in [0.15, 0.2) is 28.8 Å². The van der Waals surface area contributed by atoms with E-state index >= 15 is 0 Å². The van der Waals surface area contributed by atoms with Crippen molar-refractivity contribution in [1.29, 1.82) is 0 Å². The third kappa shape index (κ3) is 6.10. The molecule has 1 heterocycles. The van der Waals surface area contributed by atoms with Gasteiger partial charge in [0, 0.05) is 13.2 Å². The van der Waals surface area contributed by atoms with E-state index in [2.05, 4.69) is 10.5 Å². The summed E-state index contributed by atoms with van der Waals surface area (Å²) in [5.74, 6) is 0.345. The Kier molecular flexibility index (Phi) is 7.36. The van der Waals surface area contributed by atoms with Crippen molar-refractivity contribution in [2.24, 2.45) is 0 Å². The smallest absolute Gasteiger partial charge is 0.338 e. The van der Waals surface area contributed by atoms with Crippen molar-refractivity contribution in [2.75, 3.05) is 20.3 Å². The molecule has 0 aliphatic carbocycles. The van der Waals surface area contributed by atoms with Gasteiger partial charge >= 0.3 is 5.97 Å². The van der Waals surface area contributed by atoms with Gasteiger partial charge in [0.15, 0.2) is 6.61 Å². The molecule has 1 aromatic carbocycles. The monoisotopic (exact) mass is 376 g/mol. The standard InChI is InChI=1S/C19H24N2O6/c1-12(9-24-4)20-18(22)11-26-19(23)15-5-7-16(8-6-15)25-10-17-13(2)21-27-14(17)3/h5-8,12H,9-11H2,1-4H3,(H,20,22)/t12-/m1/s1. The molecule has 0 aliphatic heterocycles. The summed E-state index contributed by atoms with van der Waals surface area (Å²) in [6.07, 6.45) is 0. The average molecular weight is 376 g/mol. The SMILES string of the molecule is COC[C@@H](C)NC(=O)COC(=O)c1ccc(OCc2c(C)noc2C)cc1. The fourth-order valence-electron chi connectivity index (χ4n) is 2.37. The van der Waals surface area contributed by atoms with E-state index < -0.39 is 5.97 Å². The summed E-state index contributed by atoms with van der Waals surface area (Å²) in [7, 11) is 1.55. The van der Waals surface area contributed by atoms with Gasteiger partial charge in [-0.25, -0.2) is 4.79 Å². The van der Waals surface area contributed by atoms with E-state index in [9.17, 15) is 9.59 Å². The summed E-state index contributed by atoms with van der Waals surface area (Å²) in [4.78, 5) is 23.7. The molecule has 0 bridgehead atoms. The highest BCUT2D eigenvalue weighted by Gasteiger charge is 2.13. The number of hydrogen-bond acceptors (Lipinski definition) is 7. The molecule has 0 spiro atoms. The molecular formula is C19H24N2O6. The lowest BCUT2D eigenvalue weighted by Crippen LogP contribution is -2.38. The molecule has 8 heteroatoms. The van der Waals surface area contributed by atoms with E-state index in [1.54, 1.807) is 38.3 Å². The van der Waals surface area contributed by atoms with Crippen molar-refractivity contribution in [3.63, 3.8) is 0 Å². The molecule has 0 saturated heterocycles. The third-order valence-corrected chi connectivity index (χ3v) is 3.81. The van der Waals surface area contributed by atoms with E-state index in [1.807, 2.05) is 13.8 Å². The maximum atomic E-state index is 12.0. The van der Waals surface area contributed by atoms with Crippen molar-refractivity contribution < 1.29 is 28.3 Å². The Hall–Kier alpha value is -2.87. The third-order valence-electron chi connectivity index (χ3n) is 3.81. The fraction of sp³-hybridized carbons (Fsp3) is 0.421. The molecule has 0 unspecified atom stereocenters. The van der Waals surface area contributed by atoms with Crippen molar-refractivity contribution in [3.05, 3.63) is 46.8 Å². The lowest BCUT2D eigenvalue weighted by Gasteiger charge is -2.12. The van der Waals surface area contributed by atoms with E-state index in [-0.39, 0.29) is 18.6 Å². The van der Waals surface area contributed by atoms with Crippen LogP contribution in [-0.4, -0.2) is 43.4 Å². The second-order valence-electron chi connectivity index (χ2n) is 6.12. The minimum atomic E-state index is -0.582. The first kappa shape index (κ1) is 20.4. The van der Waals surface area contributed by atoms with Crippen molar-refractivity contribution >= 4 is 11.9 Å². The highest BCUT2D eigenvalue weighted by molar-refractivity contribution is 5.91. The first-order valence-electron chi connectivity index (χ1n) is 8.50. The number of methoxy groups -OCH3 is 1. The lowest BCUT2D eigenvalue weighted by molar-refractivity contribution is -0.125. The van der Waals surface area contributed by atoms with Crippen LogP contribution >= 0.6 is 0 Å². The van der Waals surface area contributed by atoms with E-state index in [0.29, 0.717) is 30.3 Å². The number of nitrogens with zero attached hydrogens (tertiary/aromatic N) is 1. The van der Waals surface area contributed by atoms with Crippen LogP contribution in [0.2, 0.25) is 0 Å². The summed E-state index contributed by atoms with van der Waals surface area (Å²) >= 11 is 0. The molecule has 1 atom stereocenters. The number of aryl methyl sites for hydroxylation is 2. The first-order valence-corrected chi connectivity index (χ1v) is 8.50. The number of carbonyl (C=O) groups excluding carboxylic acids is 2. The Balaban J connectivity index is 1.82. The Bertz CT molecular complexity index is 750. The predicted octanol–water partition coefficient (Wildman–Crippen LogP) is 2.18. The van der Waals surface area contributed by atoms with Gasteiger partial charge in [-0.05, 0) is 45.0 Å². The van der Waals surface area contributed by atoms with Gasteiger partial charge in [-0.2, -0.15) is 0 Å². The zero-order valence-corrected chi connectivity index (χ0v) is 15.9. The molecule has 27 heavy (non-hydrogen) atoms. The number of benzene rings is 1. The molecule has 8 nitrogen and oxygen atoms in total. The highest BCUT2D eigenvalue weighted by Crippen LogP contribution is 2.18. The Morgan fingerprint density at radius 1 is 1.22 bits per heavy atom. The van der Waals surface area contributed by atoms with Crippen molar-refractivity contribution in [1.82, 2.24) is 10.5 Å². The molecule has 1 aromatic heterocycles. The van der Waals surface area contributed by atoms with Crippen LogP contribution in [0.3, 0.4) is 0 Å². The normalized spacial score (nSPS) is 11.7. The molecule has 146 valence electrons. The maximum Gasteiger partial charge on any atom is 0.338 e. The van der Waals surface area contributed by atoms with Gasteiger partial charge in [0.05, 0.1) is 23.4 Å². The molecule has 1 N–H and O–H groups in total. The van der Waals surface area contributed by atoms with Crippen LogP contribution in [0, 0.1) is 13.8 Å². The summed E-state index contributed by atoms with van der Waals surface area (Å²) in [5, 5.41) is 6.53. The molecule has 1 amide bonds. The number of aromatic nitrogens is 1. The molecule has 0 aliphatic rings. The Morgan fingerprint density at radius 2 is 1.93 bits per heavy atom. The highest BCUT2D eigenvalue weighted by atomic mass is 16.5. The van der Waals surface area contributed by atoms with Gasteiger partial charge < -0.3 is 24.1 Å². The second kappa shape index (κ2) is 9.72. The Morgan fingerprint density at radius 3 is 2.52 bits per heavy atom. The summed E-state index contributed by atoms with van der Waals surface area (Å²) in [6.45, 7) is 5.83. The minimum Gasteiger partial charge on any atom is -0.489 e. The van der Waals surface area contributed by atoms with Crippen LogP contribution in [0.1, 0.15) is 34.3 Å². The van der Waals surface area contributed by atoms with Crippen molar-refractivity contribution in [3.8, 4) is 5.75 Å². The number of hydrogen-bond donors (Lipinski definition) is 1. The molecule has 2 aromatic rings. The largest absolute Gasteiger partial charge is 0.489 e. The molecule has 2 rings (SSSR count). The number of carbonyl (C=O) groups is 2. The molecule has 0 saturated carbocycles. The number of nitrogens with one attached hydrogen (secondary N) is 1. The van der Waals surface area contributed by atoms with Crippen LogP contribution in [0.4, 0.5) is 0 Å². The van der Waals surface area contributed by atoms with E-state index in [1.165, 1.54) is 0 Å². The van der Waals surface area contributed by atoms with Crippen LogP contribution in [0.25, 0.3) is 0 Å². The maximum absolute atomic E-state index is 12.0. The van der Waals surface area contributed by atoms with Gasteiger partial charge in [-0.15, -0.1) is 0 Å². The minimum absolute atomic E-state index is 0.157. The molecule has 0 fully saturated rings. The summed E-state index contributed by atoms with van der Waals surface area (Å²) in [5.41, 5.74) is 2.01. The molecule has 0 radical (unpaired) electrons. The van der Waals surface area contributed by atoms with Crippen LogP contribution in [0.5, 0.6) is 5.75 Å². The zero-order chi connectivity index (χ0) is 19.8. The van der Waals surface area contributed by atoms with E-state index in [4.69, 9.17) is 18.7 Å². The quantitative estimate of drug-likeness (QED) is 0.670. The van der Waals surface area contributed by atoms with Gasteiger partial charge in [0.25, 0.3) is 5.91 Å². The second-order valence-corrected chi connectivity index (χ2v) is 6.12. The lowest BCUT2D eigenvalue weighted by atomic mass is 10.2.